The molecule has 2 aromatic rings. The first-order valence-corrected chi connectivity index (χ1v) is 5.15. The molecule has 0 fully saturated rings. The lowest BCUT2D eigenvalue weighted by Crippen LogP contribution is -2.13. The van der Waals surface area contributed by atoms with Gasteiger partial charge in [0.15, 0.2) is 0 Å². The van der Waals surface area contributed by atoms with Crippen LogP contribution in [0.2, 0.25) is 0 Å². The van der Waals surface area contributed by atoms with Gasteiger partial charge in [-0.05, 0) is 13.8 Å². The van der Waals surface area contributed by atoms with Crippen molar-refractivity contribution in [3.63, 3.8) is 0 Å². The highest BCUT2D eigenvalue weighted by atomic mass is 32.1. The molecule has 0 aliphatic rings. The Labute approximate surface area is 89.8 Å². The van der Waals surface area contributed by atoms with Crippen LogP contribution in [0.1, 0.15) is 21.3 Å². The lowest BCUT2D eigenvalue weighted by molar-refractivity contribution is 0.102. The number of H-pyrrole nitrogens is 1. The summed E-state index contributed by atoms with van der Waals surface area (Å²) < 4.78 is 0. The molecule has 1 amide bonds. The molecule has 2 N–H and O–H groups in total. The number of aromatic amines is 1. The van der Waals surface area contributed by atoms with Gasteiger partial charge in [-0.15, -0.1) is 16.4 Å². The molecule has 78 valence electrons. The first kappa shape index (κ1) is 9.78. The predicted octanol–water partition coefficient (Wildman–Crippen LogP) is 1.13. The van der Waals surface area contributed by atoms with Crippen molar-refractivity contribution < 1.29 is 4.79 Å². The summed E-state index contributed by atoms with van der Waals surface area (Å²) in [7, 11) is 0. The summed E-state index contributed by atoms with van der Waals surface area (Å²) in [5.41, 5.74) is 0.389. The van der Waals surface area contributed by atoms with Crippen LogP contribution in [0.4, 0.5) is 5.95 Å². The normalized spacial score (nSPS) is 10.3. The molecule has 0 unspecified atom stereocenters. The van der Waals surface area contributed by atoms with Crippen LogP contribution in [0.25, 0.3) is 0 Å². The second-order valence-corrected chi connectivity index (χ2v) is 4.01. The van der Waals surface area contributed by atoms with Crippen molar-refractivity contribution in [2.75, 3.05) is 5.32 Å². The molecule has 0 saturated heterocycles. The number of anilines is 1. The van der Waals surface area contributed by atoms with Crippen molar-refractivity contribution >= 4 is 23.2 Å². The zero-order chi connectivity index (χ0) is 10.8. The Kier molecular flexibility index (Phi) is 2.46. The number of thiazole rings is 1. The smallest absolute Gasteiger partial charge is 0.277 e. The van der Waals surface area contributed by atoms with Gasteiger partial charge < -0.3 is 0 Å². The van der Waals surface area contributed by atoms with E-state index in [4.69, 9.17) is 0 Å². The molecule has 0 aliphatic carbocycles. The fourth-order valence-electron chi connectivity index (χ4n) is 1.03. The van der Waals surface area contributed by atoms with Crippen LogP contribution < -0.4 is 5.32 Å². The molecular weight excluding hydrogens is 214 g/mol. The van der Waals surface area contributed by atoms with Crippen molar-refractivity contribution in [3.8, 4) is 0 Å². The Morgan fingerprint density at radius 1 is 1.47 bits per heavy atom. The van der Waals surface area contributed by atoms with E-state index >= 15 is 0 Å². The monoisotopic (exact) mass is 223 g/mol. The van der Waals surface area contributed by atoms with Gasteiger partial charge in [-0.1, -0.05) is 0 Å². The van der Waals surface area contributed by atoms with Gasteiger partial charge in [0.25, 0.3) is 5.91 Å². The number of hydrogen-bond donors (Lipinski definition) is 2. The van der Waals surface area contributed by atoms with Gasteiger partial charge in [0.2, 0.25) is 5.95 Å². The molecule has 2 heterocycles. The van der Waals surface area contributed by atoms with E-state index in [1.807, 2.05) is 6.92 Å². The van der Waals surface area contributed by atoms with E-state index in [0.717, 1.165) is 5.01 Å². The minimum Gasteiger partial charge on any atom is -0.288 e. The van der Waals surface area contributed by atoms with Gasteiger partial charge >= 0.3 is 0 Å². The van der Waals surface area contributed by atoms with Crippen LogP contribution in [0, 0.1) is 13.8 Å². The minimum absolute atomic E-state index is 0.267. The number of carbonyl (C=O) groups is 1. The van der Waals surface area contributed by atoms with E-state index in [-0.39, 0.29) is 11.9 Å². The minimum atomic E-state index is -0.293. The largest absolute Gasteiger partial charge is 0.288 e. The maximum Gasteiger partial charge on any atom is 0.277 e. The maximum atomic E-state index is 11.6. The Bertz CT molecular complexity index is 489. The molecule has 6 nitrogen and oxygen atoms in total. The number of hydrogen-bond acceptors (Lipinski definition) is 5. The van der Waals surface area contributed by atoms with E-state index in [9.17, 15) is 4.79 Å². The number of rotatable bonds is 2. The number of carbonyl (C=O) groups excluding carboxylic acids is 1. The molecule has 2 rings (SSSR count). The van der Waals surface area contributed by atoms with Crippen LogP contribution in [0.15, 0.2) is 5.38 Å². The third kappa shape index (κ3) is 2.18. The Hall–Kier alpha value is -1.76. The fourth-order valence-corrected chi connectivity index (χ4v) is 1.62. The lowest BCUT2D eigenvalue weighted by Gasteiger charge is -1.95. The zero-order valence-corrected chi connectivity index (χ0v) is 9.05. The summed E-state index contributed by atoms with van der Waals surface area (Å²) in [5, 5.41) is 11.5. The van der Waals surface area contributed by atoms with Crippen LogP contribution in [-0.2, 0) is 0 Å². The molecule has 0 aliphatic heterocycles. The second-order valence-electron chi connectivity index (χ2n) is 2.95. The highest BCUT2D eigenvalue weighted by Crippen LogP contribution is 2.09. The highest BCUT2D eigenvalue weighted by Gasteiger charge is 2.11. The molecular formula is C8H9N5OS. The van der Waals surface area contributed by atoms with Gasteiger partial charge in [0.1, 0.15) is 11.5 Å². The standard InChI is InChI=1S/C8H9N5OS/c1-4-9-8(13-12-4)11-7(14)6-3-15-5(2)10-6/h3H,1-2H3,(H2,9,11,12,13,14). The van der Waals surface area contributed by atoms with Gasteiger partial charge in [-0.2, -0.15) is 4.98 Å². The van der Waals surface area contributed by atoms with Gasteiger partial charge in [-0.3, -0.25) is 15.2 Å². The topological polar surface area (TPSA) is 83.6 Å². The summed E-state index contributed by atoms with van der Waals surface area (Å²) >= 11 is 1.43. The Morgan fingerprint density at radius 2 is 2.27 bits per heavy atom. The quantitative estimate of drug-likeness (QED) is 0.799. The first-order chi connectivity index (χ1) is 7.15. The zero-order valence-electron chi connectivity index (χ0n) is 8.24. The number of nitrogens with one attached hydrogen (secondary N) is 2. The Balaban J connectivity index is 2.10. The molecule has 0 bridgehead atoms. The lowest BCUT2D eigenvalue weighted by atomic mass is 10.4. The average Bonchev–Trinajstić information content (AvgIpc) is 2.75. The summed E-state index contributed by atoms with van der Waals surface area (Å²) in [4.78, 5) is 19.6. The van der Waals surface area contributed by atoms with E-state index in [2.05, 4.69) is 25.5 Å². The molecule has 0 spiro atoms. The summed E-state index contributed by atoms with van der Waals surface area (Å²) in [6, 6.07) is 0. The molecule has 0 radical (unpaired) electrons. The van der Waals surface area contributed by atoms with Crippen molar-refractivity contribution in [1.29, 1.82) is 0 Å². The first-order valence-electron chi connectivity index (χ1n) is 4.27. The van der Waals surface area contributed by atoms with Crippen molar-refractivity contribution in [3.05, 3.63) is 21.9 Å². The van der Waals surface area contributed by atoms with Crippen LogP contribution in [0.5, 0.6) is 0 Å². The van der Waals surface area contributed by atoms with Crippen LogP contribution in [0.3, 0.4) is 0 Å². The van der Waals surface area contributed by atoms with Gasteiger partial charge in [0.05, 0.1) is 5.01 Å². The molecule has 0 saturated carbocycles. The van der Waals surface area contributed by atoms with Crippen LogP contribution in [-0.4, -0.2) is 26.1 Å². The van der Waals surface area contributed by atoms with Crippen molar-refractivity contribution in [1.82, 2.24) is 20.2 Å². The molecule has 0 atom stereocenters. The number of aromatic nitrogens is 4. The molecule has 15 heavy (non-hydrogen) atoms. The highest BCUT2D eigenvalue weighted by molar-refractivity contribution is 7.09. The molecule has 2 aromatic heterocycles. The predicted molar refractivity (Wildman–Crippen MR) is 55.9 cm³/mol. The van der Waals surface area contributed by atoms with E-state index in [0.29, 0.717) is 11.5 Å². The SMILES string of the molecule is Cc1nc(NC(=O)c2csc(C)n2)n[nH]1. The van der Waals surface area contributed by atoms with Gasteiger partial charge in [-0.25, -0.2) is 4.98 Å². The average molecular weight is 223 g/mol. The second kappa shape index (κ2) is 3.77. The third-order valence-electron chi connectivity index (χ3n) is 1.67. The number of amides is 1. The van der Waals surface area contributed by atoms with E-state index < -0.39 is 0 Å². The number of aryl methyl sites for hydroxylation is 2. The maximum absolute atomic E-state index is 11.6. The van der Waals surface area contributed by atoms with E-state index in [1.54, 1.807) is 12.3 Å². The van der Waals surface area contributed by atoms with E-state index in [1.165, 1.54) is 11.3 Å². The van der Waals surface area contributed by atoms with Gasteiger partial charge in [0, 0.05) is 5.38 Å². The van der Waals surface area contributed by atoms with Crippen molar-refractivity contribution in [2.24, 2.45) is 0 Å². The molecule has 0 aromatic carbocycles. The summed E-state index contributed by atoms with van der Waals surface area (Å²) in [6.45, 7) is 3.61. The molecule has 7 heteroatoms. The third-order valence-corrected chi connectivity index (χ3v) is 2.45. The van der Waals surface area contributed by atoms with Crippen molar-refractivity contribution in [2.45, 2.75) is 13.8 Å². The fraction of sp³-hybridized carbons (Fsp3) is 0.250. The van der Waals surface area contributed by atoms with Crippen LogP contribution >= 0.6 is 11.3 Å². The Morgan fingerprint density at radius 3 is 2.80 bits per heavy atom. The summed E-state index contributed by atoms with van der Waals surface area (Å²) in [5.74, 6) is 0.626. The number of nitrogens with zero attached hydrogens (tertiary/aromatic N) is 3. The summed E-state index contributed by atoms with van der Waals surface area (Å²) in [6.07, 6.45) is 0.